The Labute approximate surface area is 102 Å². The number of halogens is 1. The smallest absolute Gasteiger partial charge is 0.0560 e. The second-order valence-electron chi connectivity index (χ2n) is 4.01. The minimum Gasteiger partial charge on any atom is -0.254 e. The molecule has 2 rings (SSSR count). The van der Waals surface area contributed by atoms with Crippen LogP contribution in [0.15, 0.2) is 33.6 Å². The first-order chi connectivity index (χ1) is 7.27. The lowest BCUT2D eigenvalue weighted by Gasteiger charge is -2.20. The van der Waals surface area contributed by atoms with Crippen molar-refractivity contribution in [1.82, 2.24) is 0 Å². The lowest BCUT2D eigenvalue weighted by atomic mass is 10.0. The van der Waals surface area contributed by atoms with Crippen LogP contribution in [0.5, 0.6) is 0 Å². The summed E-state index contributed by atoms with van der Waals surface area (Å²) in [7, 11) is -0.799. The Balaban J connectivity index is 2.09. The van der Waals surface area contributed by atoms with Gasteiger partial charge in [0, 0.05) is 14.6 Å². The van der Waals surface area contributed by atoms with Crippen LogP contribution in [-0.4, -0.2) is 9.46 Å². The summed E-state index contributed by atoms with van der Waals surface area (Å²) in [5.74, 6) is 0. The predicted molar refractivity (Wildman–Crippen MR) is 67.4 cm³/mol. The van der Waals surface area contributed by atoms with Crippen molar-refractivity contribution >= 4 is 26.7 Å². The third kappa shape index (κ3) is 2.91. The molecule has 0 spiro atoms. The molecule has 1 aromatic rings. The van der Waals surface area contributed by atoms with E-state index >= 15 is 0 Å². The maximum Gasteiger partial charge on any atom is 0.0560 e. The highest BCUT2D eigenvalue weighted by Gasteiger charge is 2.20. The van der Waals surface area contributed by atoms with E-state index in [9.17, 15) is 4.21 Å². The highest BCUT2D eigenvalue weighted by molar-refractivity contribution is 9.10. The van der Waals surface area contributed by atoms with Crippen LogP contribution in [0.1, 0.15) is 32.1 Å². The maximum absolute atomic E-state index is 12.2. The fraction of sp³-hybridized carbons (Fsp3) is 0.500. The number of benzene rings is 1. The van der Waals surface area contributed by atoms with Crippen molar-refractivity contribution in [3.63, 3.8) is 0 Å². The number of hydrogen-bond donors (Lipinski definition) is 0. The van der Waals surface area contributed by atoms with E-state index in [0.29, 0.717) is 5.25 Å². The Morgan fingerprint density at radius 3 is 2.27 bits per heavy atom. The largest absolute Gasteiger partial charge is 0.254 e. The third-order valence-corrected chi connectivity index (χ3v) is 5.24. The molecule has 3 heteroatoms. The molecule has 0 N–H and O–H groups in total. The molecule has 1 aromatic carbocycles. The molecule has 1 nitrogen and oxygen atoms in total. The lowest BCUT2D eigenvalue weighted by molar-refractivity contribution is 0.504. The summed E-state index contributed by atoms with van der Waals surface area (Å²) in [6, 6.07) is 7.87. The highest BCUT2D eigenvalue weighted by atomic mass is 79.9. The Kier molecular flexibility index (Phi) is 3.98. The van der Waals surface area contributed by atoms with Gasteiger partial charge in [0.1, 0.15) is 0 Å². The van der Waals surface area contributed by atoms with E-state index in [0.717, 1.165) is 22.2 Å². The van der Waals surface area contributed by atoms with Crippen LogP contribution in [-0.2, 0) is 10.8 Å². The highest BCUT2D eigenvalue weighted by Crippen LogP contribution is 2.26. The second kappa shape index (κ2) is 5.26. The summed E-state index contributed by atoms with van der Waals surface area (Å²) in [5, 5.41) is 0.389. The molecule has 0 bridgehead atoms. The van der Waals surface area contributed by atoms with E-state index in [1.165, 1.54) is 19.3 Å². The van der Waals surface area contributed by atoms with E-state index in [-0.39, 0.29) is 0 Å². The maximum atomic E-state index is 12.2. The SMILES string of the molecule is O=S(c1ccc(Br)cc1)C1CCCCC1. The molecule has 1 unspecified atom stereocenters. The lowest BCUT2D eigenvalue weighted by Crippen LogP contribution is -2.18. The molecular formula is C12H15BrOS. The van der Waals surface area contributed by atoms with Gasteiger partial charge in [0.05, 0.1) is 10.8 Å². The van der Waals surface area contributed by atoms with Crippen molar-refractivity contribution in [2.24, 2.45) is 0 Å². The first-order valence-electron chi connectivity index (χ1n) is 5.43. The fourth-order valence-corrected chi connectivity index (χ4v) is 3.86. The van der Waals surface area contributed by atoms with Gasteiger partial charge in [0.2, 0.25) is 0 Å². The zero-order valence-electron chi connectivity index (χ0n) is 8.62. The molecule has 0 amide bonds. The van der Waals surface area contributed by atoms with Gasteiger partial charge in [-0.15, -0.1) is 0 Å². The normalized spacial score (nSPS) is 20.1. The van der Waals surface area contributed by atoms with Crippen molar-refractivity contribution in [3.8, 4) is 0 Å². The van der Waals surface area contributed by atoms with Crippen LogP contribution in [0.25, 0.3) is 0 Å². The van der Waals surface area contributed by atoms with Crippen molar-refractivity contribution < 1.29 is 4.21 Å². The van der Waals surface area contributed by atoms with Crippen LogP contribution in [0.4, 0.5) is 0 Å². The van der Waals surface area contributed by atoms with Crippen LogP contribution < -0.4 is 0 Å². The van der Waals surface area contributed by atoms with Gasteiger partial charge >= 0.3 is 0 Å². The molecule has 1 atom stereocenters. The van der Waals surface area contributed by atoms with Gasteiger partial charge in [-0.05, 0) is 37.1 Å². The summed E-state index contributed by atoms with van der Waals surface area (Å²) in [4.78, 5) is 0.977. The third-order valence-electron chi connectivity index (χ3n) is 2.90. The molecule has 1 aliphatic carbocycles. The van der Waals surface area contributed by atoms with Gasteiger partial charge in [-0.2, -0.15) is 0 Å². The van der Waals surface area contributed by atoms with Crippen LogP contribution in [0.3, 0.4) is 0 Å². The minimum absolute atomic E-state index is 0.389. The molecule has 0 saturated heterocycles. The molecule has 0 aromatic heterocycles. The van der Waals surface area contributed by atoms with Gasteiger partial charge in [-0.25, -0.2) is 0 Å². The average Bonchev–Trinajstić information content (AvgIpc) is 2.30. The zero-order valence-corrected chi connectivity index (χ0v) is 11.0. The van der Waals surface area contributed by atoms with Crippen molar-refractivity contribution in [1.29, 1.82) is 0 Å². The zero-order chi connectivity index (χ0) is 10.7. The van der Waals surface area contributed by atoms with Crippen molar-refractivity contribution in [2.45, 2.75) is 42.2 Å². The molecule has 1 fully saturated rings. The van der Waals surface area contributed by atoms with Gasteiger partial charge in [0.25, 0.3) is 0 Å². The van der Waals surface area contributed by atoms with Crippen molar-refractivity contribution in [3.05, 3.63) is 28.7 Å². The fourth-order valence-electron chi connectivity index (χ4n) is 2.04. The summed E-state index contributed by atoms with van der Waals surface area (Å²) in [5.41, 5.74) is 0. The Bertz CT molecular complexity index is 341. The van der Waals surface area contributed by atoms with Gasteiger partial charge in [0.15, 0.2) is 0 Å². The molecule has 1 aliphatic rings. The summed E-state index contributed by atoms with van der Waals surface area (Å²) in [6.45, 7) is 0. The van der Waals surface area contributed by atoms with E-state index in [2.05, 4.69) is 15.9 Å². The molecule has 82 valence electrons. The monoisotopic (exact) mass is 286 g/mol. The quantitative estimate of drug-likeness (QED) is 0.806. The van der Waals surface area contributed by atoms with Gasteiger partial charge in [-0.1, -0.05) is 35.2 Å². The van der Waals surface area contributed by atoms with E-state index in [4.69, 9.17) is 0 Å². The summed E-state index contributed by atoms with van der Waals surface area (Å²) < 4.78 is 13.3. The van der Waals surface area contributed by atoms with Crippen LogP contribution >= 0.6 is 15.9 Å². The Morgan fingerprint density at radius 2 is 1.67 bits per heavy atom. The average molecular weight is 287 g/mol. The standard InChI is InChI=1S/C12H15BrOS/c13-10-6-8-12(9-7-10)15(14)11-4-2-1-3-5-11/h6-9,11H,1-5H2. The van der Waals surface area contributed by atoms with Gasteiger partial charge in [-0.3, -0.25) is 4.21 Å². The molecule has 15 heavy (non-hydrogen) atoms. The van der Waals surface area contributed by atoms with Gasteiger partial charge < -0.3 is 0 Å². The molecule has 0 aliphatic heterocycles. The van der Waals surface area contributed by atoms with Crippen LogP contribution in [0.2, 0.25) is 0 Å². The molecular weight excluding hydrogens is 272 g/mol. The van der Waals surface area contributed by atoms with E-state index < -0.39 is 10.8 Å². The summed E-state index contributed by atoms with van der Waals surface area (Å²) in [6.07, 6.45) is 6.05. The van der Waals surface area contributed by atoms with Crippen molar-refractivity contribution in [2.75, 3.05) is 0 Å². The first-order valence-corrected chi connectivity index (χ1v) is 7.44. The molecule has 1 saturated carbocycles. The number of hydrogen-bond acceptors (Lipinski definition) is 1. The topological polar surface area (TPSA) is 17.1 Å². The Hall–Kier alpha value is -0.150. The second-order valence-corrected chi connectivity index (χ2v) is 6.66. The van der Waals surface area contributed by atoms with E-state index in [1.54, 1.807) is 0 Å². The Morgan fingerprint density at radius 1 is 1.07 bits per heavy atom. The minimum atomic E-state index is -0.799. The molecule has 0 heterocycles. The first kappa shape index (κ1) is 11.3. The summed E-state index contributed by atoms with van der Waals surface area (Å²) >= 11 is 3.39. The van der Waals surface area contributed by atoms with E-state index in [1.807, 2.05) is 24.3 Å². The molecule has 0 radical (unpaired) electrons. The van der Waals surface area contributed by atoms with Crippen LogP contribution in [0, 0.1) is 0 Å². The predicted octanol–water partition coefficient (Wildman–Crippen LogP) is 3.89. The number of rotatable bonds is 2.